The van der Waals surface area contributed by atoms with E-state index in [0.717, 1.165) is 44.0 Å². The lowest BCUT2D eigenvalue weighted by Crippen LogP contribution is -2.06. The van der Waals surface area contributed by atoms with Crippen molar-refractivity contribution in [3.05, 3.63) is 23.3 Å². The summed E-state index contributed by atoms with van der Waals surface area (Å²) in [6.07, 6.45) is 10.7. The molecule has 2 aliphatic rings. The van der Waals surface area contributed by atoms with Crippen LogP contribution in [-0.2, 0) is 4.79 Å². The summed E-state index contributed by atoms with van der Waals surface area (Å²) in [5.74, 6) is 0.937. The Kier molecular flexibility index (Phi) is 4.06. The summed E-state index contributed by atoms with van der Waals surface area (Å²) >= 11 is 0. The molecule has 0 spiro atoms. The van der Waals surface area contributed by atoms with Gasteiger partial charge < -0.3 is 5.11 Å². The number of carbonyl (C=O) groups is 1. The van der Waals surface area contributed by atoms with Gasteiger partial charge in [0.2, 0.25) is 0 Å². The number of hydrogen-bond acceptors (Lipinski definition) is 2. The Morgan fingerprint density at radius 2 is 2.28 bits per heavy atom. The van der Waals surface area contributed by atoms with E-state index < -0.39 is 0 Å². The molecule has 18 heavy (non-hydrogen) atoms. The lowest BCUT2D eigenvalue weighted by Gasteiger charge is -2.07. The van der Waals surface area contributed by atoms with E-state index in [1.807, 2.05) is 0 Å². The molecule has 0 amide bonds. The number of rotatable bonds is 2. The van der Waals surface area contributed by atoms with Crippen LogP contribution in [-0.4, -0.2) is 18.0 Å². The smallest absolute Gasteiger partial charge is 0.145 e. The van der Waals surface area contributed by atoms with E-state index in [-0.39, 0.29) is 12.0 Å². The van der Waals surface area contributed by atoms with Crippen molar-refractivity contribution in [3.63, 3.8) is 0 Å². The Morgan fingerprint density at radius 3 is 2.94 bits per heavy atom. The van der Waals surface area contributed by atoms with Gasteiger partial charge >= 0.3 is 0 Å². The predicted octanol–water partition coefficient (Wildman–Crippen LogP) is 3.27. The minimum absolute atomic E-state index is 0.00768. The number of fused-ring (bicyclic) bond motifs is 1. The summed E-state index contributed by atoms with van der Waals surface area (Å²) in [6.45, 7) is 4.57. The van der Waals surface area contributed by atoms with Gasteiger partial charge in [-0.3, -0.25) is 4.79 Å². The summed E-state index contributed by atoms with van der Waals surface area (Å²) in [7, 11) is 0. The maximum absolute atomic E-state index is 11.1. The van der Waals surface area contributed by atoms with Crippen molar-refractivity contribution in [3.8, 4) is 0 Å². The first-order valence-electron chi connectivity index (χ1n) is 7.04. The van der Waals surface area contributed by atoms with Crippen molar-refractivity contribution in [1.82, 2.24) is 0 Å². The van der Waals surface area contributed by atoms with Crippen LogP contribution in [0.2, 0.25) is 0 Å². The van der Waals surface area contributed by atoms with Crippen LogP contribution >= 0.6 is 0 Å². The first-order valence-corrected chi connectivity index (χ1v) is 7.04. The first-order chi connectivity index (χ1) is 8.61. The average molecular weight is 248 g/mol. The molecule has 2 nitrogen and oxygen atoms in total. The van der Waals surface area contributed by atoms with Gasteiger partial charge in [-0.1, -0.05) is 24.6 Å². The van der Waals surface area contributed by atoms with Crippen LogP contribution in [0.15, 0.2) is 23.3 Å². The molecule has 0 heterocycles. The Bertz CT molecular complexity index is 381. The maximum Gasteiger partial charge on any atom is 0.145 e. The topological polar surface area (TPSA) is 37.3 Å². The number of hydrogen-bond donors (Lipinski definition) is 1. The molecule has 0 aliphatic heterocycles. The largest absolute Gasteiger partial charge is 0.396 e. The van der Waals surface area contributed by atoms with Crippen molar-refractivity contribution < 1.29 is 9.90 Å². The van der Waals surface area contributed by atoms with Crippen LogP contribution in [0.5, 0.6) is 0 Å². The van der Waals surface area contributed by atoms with Crippen LogP contribution in [0.3, 0.4) is 0 Å². The van der Waals surface area contributed by atoms with Crippen LogP contribution < -0.4 is 0 Å². The lowest BCUT2D eigenvalue weighted by atomic mass is 10.0. The minimum atomic E-state index is 0.00768. The second-order valence-corrected chi connectivity index (χ2v) is 6.14. The summed E-state index contributed by atoms with van der Waals surface area (Å²) in [4.78, 5) is 11.1. The van der Waals surface area contributed by atoms with E-state index in [2.05, 4.69) is 26.0 Å². The monoisotopic (exact) mass is 248 g/mol. The highest BCUT2D eigenvalue weighted by molar-refractivity contribution is 5.73. The van der Waals surface area contributed by atoms with Gasteiger partial charge in [-0.15, -0.1) is 0 Å². The zero-order valence-corrected chi connectivity index (χ0v) is 11.5. The van der Waals surface area contributed by atoms with Gasteiger partial charge in [-0.25, -0.2) is 0 Å². The molecule has 2 aliphatic carbocycles. The van der Waals surface area contributed by atoms with E-state index in [4.69, 9.17) is 0 Å². The van der Waals surface area contributed by atoms with Crippen molar-refractivity contribution >= 4 is 6.29 Å². The average Bonchev–Trinajstić information content (AvgIpc) is 2.95. The van der Waals surface area contributed by atoms with Crippen molar-refractivity contribution in [2.45, 2.75) is 46.0 Å². The molecule has 1 saturated carbocycles. The molecule has 100 valence electrons. The van der Waals surface area contributed by atoms with E-state index in [0.29, 0.717) is 11.8 Å². The van der Waals surface area contributed by atoms with E-state index in [1.165, 1.54) is 5.57 Å². The molecular weight excluding hydrogens is 224 g/mol. The van der Waals surface area contributed by atoms with E-state index in [1.54, 1.807) is 0 Å². The highest BCUT2D eigenvalue weighted by Gasteiger charge is 2.58. The molecular formula is C16H24O2. The Morgan fingerprint density at radius 1 is 1.50 bits per heavy atom. The summed E-state index contributed by atoms with van der Waals surface area (Å²) in [5, 5.41) is 9.57. The second kappa shape index (κ2) is 5.40. The standard InChI is InChI=1S/C16H24O2/c1-12-5-3-4-6-13(10-17)9-15-14(8-7-12)16(15,2)11-18/h5,9-10,14-15,18H,3-4,6-8,11H2,1-2H3/b12-5+,13-9+/t14-,15-,16+/m0/s1. The SMILES string of the molecule is C/C1=C\CCC/C(C=O)=C\[C@H]2[C@H](CC1)[C@@]2(C)CO. The molecule has 0 radical (unpaired) electrons. The number of aliphatic hydroxyl groups excluding tert-OH is 1. The van der Waals surface area contributed by atoms with Gasteiger partial charge in [0.05, 0.1) is 0 Å². The third-order valence-corrected chi connectivity index (χ3v) is 4.83. The van der Waals surface area contributed by atoms with Gasteiger partial charge in [0.1, 0.15) is 6.29 Å². The number of aliphatic hydroxyl groups is 1. The number of carbonyl (C=O) groups excluding carboxylic acids is 1. The highest BCUT2D eigenvalue weighted by atomic mass is 16.3. The Labute approximate surface area is 110 Å². The van der Waals surface area contributed by atoms with Crippen molar-refractivity contribution in [2.24, 2.45) is 17.3 Å². The van der Waals surface area contributed by atoms with Crippen LogP contribution in [0, 0.1) is 17.3 Å². The fraction of sp³-hybridized carbons (Fsp3) is 0.688. The molecule has 3 atom stereocenters. The van der Waals surface area contributed by atoms with Crippen LogP contribution in [0.4, 0.5) is 0 Å². The van der Waals surface area contributed by atoms with Gasteiger partial charge in [0, 0.05) is 12.0 Å². The van der Waals surface area contributed by atoms with Crippen LogP contribution in [0.25, 0.3) is 0 Å². The molecule has 0 aromatic rings. The van der Waals surface area contributed by atoms with E-state index in [9.17, 15) is 9.90 Å². The molecule has 2 heteroatoms. The lowest BCUT2D eigenvalue weighted by molar-refractivity contribution is -0.105. The first kappa shape index (κ1) is 13.5. The molecule has 0 aromatic carbocycles. The molecule has 0 unspecified atom stereocenters. The quantitative estimate of drug-likeness (QED) is 0.601. The molecule has 0 bridgehead atoms. The van der Waals surface area contributed by atoms with Crippen molar-refractivity contribution in [1.29, 1.82) is 0 Å². The van der Waals surface area contributed by atoms with Gasteiger partial charge in [0.25, 0.3) is 0 Å². The predicted molar refractivity (Wildman–Crippen MR) is 73.2 cm³/mol. The fourth-order valence-corrected chi connectivity index (χ4v) is 3.29. The maximum atomic E-state index is 11.1. The summed E-state index contributed by atoms with van der Waals surface area (Å²) in [6, 6.07) is 0. The Balaban J connectivity index is 2.17. The zero-order valence-electron chi connectivity index (χ0n) is 11.5. The third kappa shape index (κ3) is 2.59. The van der Waals surface area contributed by atoms with Gasteiger partial charge in [-0.05, 0) is 56.4 Å². The second-order valence-electron chi connectivity index (χ2n) is 6.14. The summed E-state index contributed by atoms with van der Waals surface area (Å²) in [5.41, 5.74) is 2.39. The van der Waals surface area contributed by atoms with Gasteiger partial charge in [-0.2, -0.15) is 0 Å². The minimum Gasteiger partial charge on any atom is -0.396 e. The summed E-state index contributed by atoms with van der Waals surface area (Å²) < 4.78 is 0. The fourth-order valence-electron chi connectivity index (χ4n) is 3.29. The molecule has 0 saturated heterocycles. The molecule has 0 aromatic heterocycles. The van der Waals surface area contributed by atoms with Crippen LogP contribution in [0.1, 0.15) is 46.0 Å². The zero-order chi connectivity index (χ0) is 13.2. The van der Waals surface area contributed by atoms with Gasteiger partial charge in [0.15, 0.2) is 0 Å². The number of allylic oxidation sites excluding steroid dienone is 4. The molecule has 1 N–H and O–H groups in total. The highest BCUT2D eigenvalue weighted by Crippen LogP contribution is 2.61. The van der Waals surface area contributed by atoms with E-state index >= 15 is 0 Å². The number of aldehydes is 1. The molecule has 2 rings (SSSR count). The van der Waals surface area contributed by atoms with Crippen molar-refractivity contribution in [2.75, 3.05) is 6.61 Å². The molecule has 1 fully saturated rings. The Hall–Kier alpha value is -0.890. The third-order valence-electron chi connectivity index (χ3n) is 4.83. The normalized spacial score (nSPS) is 42.6.